The van der Waals surface area contributed by atoms with E-state index in [2.05, 4.69) is 15.9 Å². The quantitative estimate of drug-likeness (QED) is 0.669. The van der Waals surface area contributed by atoms with Crippen LogP contribution >= 0.6 is 27.7 Å². The van der Waals surface area contributed by atoms with E-state index < -0.39 is 0 Å². The van der Waals surface area contributed by atoms with E-state index in [0.29, 0.717) is 0 Å². The molecule has 0 bridgehead atoms. The topological polar surface area (TPSA) is 26.0 Å². The van der Waals surface area contributed by atoms with Gasteiger partial charge in [-0.15, -0.1) is 11.8 Å². The van der Waals surface area contributed by atoms with E-state index in [0.717, 1.165) is 26.4 Å². The summed E-state index contributed by atoms with van der Waals surface area (Å²) in [5, 5.41) is 0. The number of nitrogens with two attached hydrogens (primary N) is 1. The number of anilines is 1. The number of halogens is 2. The zero-order valence-electron chi connectivity index (χ0n) is 8.99. The predicted octanol–water partition coefficient (Wildman–Crippen LogP) is 4.46. The number of thioether (sulfide) groups is 1. The highest BCUT2D eigenvalue weighted by molar-refractivity contribution is 9.10. The van der Waals surface area contributed by atoms with Crippen LogP contribution < -0.4 is 5.73 Å². The molecule has 2 aromatic rings. The Labute approximate surface area is 112 Å². The molecule has 0 saturated heterocycles. The molecule has 0 amide bonds. The maximum atomic E-state index is 12.9. The zero-order valence-corrected chi connectivity index (χ0v) is 11.4. The summed E-state index contributed by atoms with van der Waals surface area (Å²) in [5.41, 5.74) is 7.53. The van der Waals surface area contributed by atoms with Gasteiger partial charge in [-0.3, -0.25) is 0 Å². The summed E-state index contributed by atoms with van der Waals surface area (Å²) in [6.07, 6.45) is 0. The van der Waals surface area contributed by atoms with Gasteiger partial charge in [0, 0.05) is 20.8 Å². The number of nitrogen functional groups attached to an aromatic ring is 1. The van der Waals surface area contributed by atoms with Crippen molar-refractivity contribution >= 4 is 33.4 Å². The molecular weight excluding hydrogens is 301 g/mol. The second-order valence-electron chi connectivity index (χ2n) is 3.60. The van der Waals surface area contributed by atoms with Crippen LogP contribution in [0.25, 0.3) is 0 Å². The van der Waals surface area contributed by atoms with E-state index in [1.807, 2.05) is 24.3 Å². The Morgan fingerprint density at radius 1 is 1.18 bits per heavy atom. The van der Waals surface area contributed by atoms with Crippen LogP contribution in [0.1, 0.15) is 5.56 Å². The zero-order chi connectivity index (χ0) is 12.3. The Balaban J connectivity index is 2.07. The molecule has 1 nitrogen and oxygen atoms in total. The Morgan fingerprint density at radius 2 is 2.00 bits per heavy atom. The summed E-state index contributed by atoms with van der Waals surface area (Å²) in [4.78, 5) is 1.11. The molecule has 0 spiro atoms. The Morgan fingerprint density at radius 3 is 2.71 bits per heavy atom. The standard InChI is InChI=1S/C13H11BrFNS/c14-13-6-10(15)5-4-9(13)8-17-12-3-1-2-11(16)7-12/h1-7H,8,16H2. The van der Waals surface area contributed by atoms with Gasteiger partial charge in [-0.1, -0.05) is 28.1 Å². The van der Waals surface area contributed by atoms with Crippen molar-refractivity contribution in [3.8, 4) is 0 Å². The SMILES string of the molecule is Nc1cccc(SCc2ccc(F)cc2Br)c1. The number of benzene rings is 2. The Kier molecular flexibility index (Phi) is 4.07. The molecule has 0 heterocycles. The van der Waals surface area contributed by atoms with E-state index in [1.54, 1.807) is 17.8 Å². The molecule has 0 fully saturated rings. The van der Waals surface area contributed by atoms with Gasteiger partial charge in [0.25, 0.3) is 0 Å². The van der Waals surface area contributed by atoms with Crippen LogP contribution in [0.4, 0.5) is 10.1 Å². The van der Waals surface area contributed by atoms with E-state index in [-0.39, 0.29) is 5.82 Å². The van der Waals surface area contributed by atoms with Crippen molar-refractivity contribution in [2.45, 2.75) is 10.6 Å². The summed E-state index contributed by atoms with van der Waals surface area (Å²) >= 11 is 5.03. The van der Waals surface area contributed by atoms with Crippen molar-refractivity contribution in [1.29, 1.82) is 0 Å². The molecule has 2 N–H and O–H groups in total. The fourth-order valence-electron chi connectivity index (χ4n) is 1.40. The minimum atomic E-state index is -0.227. The van der Waals surface area contributed by atoms with Gasteiger partial charge in [-0.05, 0) is 35.9 Å². The lowest BCUT2D eigenvalue weighted by Crippen LogP contribution is -1.86. The van der Waals surface area contributed by atoms with Crippen LogP contribution in [-0.2, 0) is 5.75 Å². The van der Waals surface area contributed by atoms with Gasteiger partial charge in [0.1, 0.15) is 5.82 Å². The first-order chi connectivity index (χ1) is 8.15. The lowest BCUT2D eigenvalue weighted by molar-refractivity contribution is 0.626. The third kappa shape index (κ3) is 3.48. The van der Waals surface area contributed by atoms with E-state index in [1.165, 1.54) is 12.1 Å². The van der Waals surface area contributed by atoms with Crippen LogP contribution in [0.3, 0.4) is 0 Å². The van der Waals surface area contributed by atoms with Crippen molar-refractivity contribution in [3.05, 3.63) is 58.3 Å². The summed E-state index contributed by atoms with van der Waals surface area (Å²) in [5.74, 6) is 0.555. The predicted molar refractivity (Wildman–Crippen MR) is 74.5 cm³/mol. The summed E-state index contributed by atoms with van der Waals surface area (Å²) in [6, 6.07) is 12.5. The second kappa shape index (κ2) is 5.56. The van der Waals surface area contributed by atoms with Gasteiger partial charge in [0.2, 0.25) is 0 Å². The van der Waals surface area contributed by atoms with Gasteiger partial charge in [0.15, 0.2) is 0 Å². The third-order valence-corrected chi connectivity index (χ3v) is 4.05. The molecule has 0 unspecified atom stereocenters. The molecule has 0 aliphatic carbocycles. The Bertz CT molecular complexity index is 531. The lowest BCUT2D eigenvalue weighted by atomic mass is 10.2. The van der Waals surface area contributed by atoms with Crippen LogP contribution in [0.15, 0.2) is 51.8 Å². The maximum absolute atomic E-state index is 12.9. The minimum Gasteiger partial charge on any atom is -0.399 e. The van der Waals surface area contributed by atoms with E-state index in [9.17, 15) is 4.39 Å². The number of hydrogen-bond donors (Lipinski definition) is 1. The fourth-order valence-corrected chi connectivity index (χ4v) is 3.05. The molecule has 88 valence electrons. The summed E-state index contributed by atoms with van der Waals surface area (Å²) in [7, 11) is 0. The van der Waals surface area contributed by atoms with E-state index >= 15 is 0 Å². The lowest BCUT2D eigenvalue weighted by Gasteiger charge is -2.05. The molecule has 0 atom stereocenters. The van der Waals surface area contributed by atoms with Crippen molar-refractivity contribution in [2.24, 2.45) is 0 Å². The second-order valence-corrected chi connectivity index (χ2v) is 5.50. The normalized spacial score (nSPS) is 10.5. The minimum absolute atomic E-state index is 0.227. The first-order valence-corrected chi connectivity index (χ1v) is 6.85. The van der Waals surface area contributed by atoms with Crippen molar-refractivity contribution in [3.63, 3.8) is 0 Å². The van der Waals surface area contributed by atoms with Crippen LogP contribution in [0.5, 0.6) is 0 Å². The molecule has 2 aromatic carbocycles. The first-order valence-electron chi connectivity index (χ1n) is 5.07. The van der Waals surface area contributed by atoms with Gasteiger partial charge in [-0.2, -0.15) is 0 Å². The Hall–Kier alpha value is -1.00. The highest BCUT2D eigenvalue weighted by atomic mass is 79.9. The summed E-state index contributed by atoms with van der Waals surface area (Å²) < 4.78 is 13.7. The monoisotopic (exact) mass is 311 g/mol. The summed E-state index contributed by atoms with van der Waals surface area (Å²) in [6.45, 7) is 0. The van der Waals surface area contributed by atoms with Crippen LogP contribution in [0.2, 0.25) is 0 Å². The average molecular weight is 312 g/mol. The molecular formula is C13H11BrFNS. The number of rotatable bonds is 3. The van der Waals surface area contributed by atoms with Crippen molar-refractivity contribution < 1.29 is 4.39 Å². The van der Waals surface area contributed by atoms with Crippen LogP contribution in [0, 0.1) is 5.82 Å². The molecule has 0 aliphatic heterocycles. The molecule has 2 rings (SSSR count). The molecule has 0 aliphatic rings. The van der Waals surface area contributed by atoms with Crippen molar-refractivity contribution in [1.82, 2.24) is 0 Å². The maximum Gasteiger partial charge on any atom is 0.124 e. The number of hydrogen-bond acceptors (Lipinski definition) is 2. The van der Waals surface area contributed by atoms with E-state index in [4.69, 9.17) is 5.73 Å². The van der Waals surface area contributed by atoms with Gasteiger partial charge in [0.05, 0.1) is 0 Å². The molecule has 0 radical (unpaired) electrons. The largest absolute Gasteiger partial charge is 0.399 e. The first kappa shape index (κ1) is 12.5. The molecule has 4 heteroatoms. The molecule has 0 aromatic heterocycles. The smallest absolute Gasteiger partial charge is 0.124 e. The highest BCUT2D eigenvalue weighted by Gasteiger charge is 2.02. The molecule has 0 saturated carbocycles. The highest BCUT2D eigenvalue weighted by Crippen LogP contribution is 2.28. The average Bonchev–Trinajstić information content (AvgIpc) is 2.28. The fraction of sp³-hybridized carbons (Fsp3) is 0.0769. The molecule has 17 heavy (non-hydrogen) atoms. The van der Waals surface area contributed by atoms with Gasteiger partial charge in [-0.25, -0.2) is 4.39 Å². The third-order valence-electron chi connectivity index (χ3n) is 2.27. The van der Waals surface area contributed by atoms with Crippen molar-refractivity contribution in [2.75, 3.05) is 5.73 Å². The van der Waals surface area contributed by atoms with Gasteiger partial charge < -0.3 is 5.73 Å². The van der Waals surface area contributed by atoms with Gasteiger partial charge >= 0.3 is 0 Å². The van der Waals surface area contributed by atoms with Crippen LogP contribution in [-0.4, -0.2) is 0 Å².